The molecule has 0 aromatic carbocycles. The molecule has 1 N–H and O–H groups in total. The number of aryl methyl sites for hydroxylation is 1. The van der Waals surface area contributed by atoms with Gasteiger partial charge in [-0.15, -0.1) is 0 Å². The number of oxime groups is 1. The third-order valence-electron chi connectivity index (χ3n) is 3.70. The van der Waals surface area contributed by atoms with Crippen molar-refractivity contribution in [3.8, 4) is 0 Å². The Bertz CT molecular complexity index is 499. The average molecular weight is 261 g/mol. The van der Waals surface area contributed by atoms with Crippen molar-refractivity contribution in [3.63, 3.8) is 0 Å². The van der Waals surface area contributed by atoms with E-state index in [1.807, 2.05) is 18.7 Å². The molecule has 19 heavy (non-hydrogen) atoms. The monoisotopic (exact) mass is 261 g/mol. The van der Waals surface area contributed by atoms with Crippen molar-refractivity contribution in [3.05, 3.63) is 29.6 Å². The van der Waals surface area contributed by atoms with Crippen LogP contribution in [0.15, 0.2) is 23.5 Å². The summed E-state index contributed by atoms with van der Waals surface area (Å²) in [6.45, 7) is 5.10. The number of aromatic nitrogens is 1. The molecule has 0 aliphatic carbocycles. The van der Waals surface area contributed by atoms with Crippen LogP contribution < -0.4 is 0 Å². The molecular weight excluding hydrogens is 242 g/mol. The van der Waals surface area contributed by atoms with Crippen molar-refractivity contribution in [2.45, 2.75) is 26.7 Å². The number of pyridine rings is 1. The topological polar surface area (TPSA) is 65.8 Å². The Labute approximate surface area is 112 Å². The van der Waals surface area contributed by atoms with Gasteiger partial charge in [-0.1, -0.05) is 12.1 Å². The Kier molecular flexibility index (Phi) is 4.14. The second-order valence-electron chi connectivity index (χ2n) is 4.83. The summed E-state index contributed by atoms with van der Waals surface area (Å²) in [6.07, 6.45) is 3.20. The number of carbonyl (C=O) groups is 1. The molecule has 1 aromatic rings. The van der Waals surface area contributed by atoms with Gasteiger partial charge >= 0.3 is 0 Å². The number of amides is 1. The molecule has 1 saturated heterocycles. The standard InChI is InChI=1S/C14H19N3O2/c1-3-11-9-17(8-6-13(11)16-19)14(18)12-5-4-7-15-10(12)2/h4-5,7,11,19H,3,6,8-9H2,1-2H3/b16-13+. The fourth-order valence-electron chi connectivity index (χ4n) is 2.48. The SMILES string of the molecule is CCC1CN(C(=O)c2cccnc2C)CC/C1=N\O. The smallest absolute Gasteiger partial charge is 0.255 e. The first-order chi connectivity index (χ1) is 9.17. The summed E-state index contributed by atoms with van der Waals surface area (Å²) in [6, 6.07) is 3.59. The van der Waals surface area contributed by atoms with Crippen LogP contribution in [-0.4, -0.2) is 39.8 Å². The van der Waals surface area contributed by atoms with Gasteiger partial charge in [0.25, 0.3) is 5.91 Å². The molecule has 1 aliphatic rings. The number of hydrogen-bond acceptors (Lipinski definition) is 4. The summed E-state index contributed by atoms with van der Waals surface area (Å²) in [5.41, 5.74) is 2.21. The molecule has 5 nitrogen and oxygen atoms in total. The number of hydrogen-bond donors (Lipinski definition) is 1. The lowest BCUT2D eigenvalue weighted by atomic mass is 9.93. The van der Waals surface area contributed by atoms with Crippen LogP contribution in [0, 0.1) is 12.8 Å². The largest absolute Gasteiger partial charge is 0.411 e. The van der Waals surface area contributed by atoms with Gasteiger partial charge in [0.2, 0.25) is 0 Å². The van der Waals surface area contributed by atoms with Crippen LogP contribution in [-0.2, 0) is 0 Å². The highest BCUT2D eigenvalue weighted by molar-refractivity contribution is 5.97. The number of rotatable bonds is 2. The van der Waals surface area contributed by atoms with Crippen molar-refractivity contribution in [2.24, 2.45) is 11.1 Å². The molecule has 0 bridgehead atoms. The fraction of sp³-hybridized carbons (Fsp3) is 0.500. The van der Waals surface area contributed by atoms with Crippen LogP contribution >= 0.6 is 0 Å². The van der Waals surface area contributed by atoms with Crippen LogP contribution in [0.25, 0.3) is 0 Å². The van der Waals surface area contributed by atoms with Crippen LogP contribution in [0.3, 0.4) is 0 Å². The second kappa shape index (κ2) is 5.82. The lowest BCUT2D eigenvalue weighted by molar-refractivity contribution is 0.0727. The Hall–Kier alpha value is -1.91. The average Bonchev–Trinajstić information content (AvgIpc) is 2.46. The first-order valence-electron chi connectivity index (χ1n) is 6.59. The minimum atomic E-state index is 0.0149. The van der Waals surface area contributed by atoms with Crippen LogP contribution in [0.2, 0.25) is 0 Å². The number of nitrogens with zero attached hydrogens (tertiary/aromatic N) is 3. The minimum absolute atomic E-state index is 0.0149. The quantitative estimate of drug-likeness (QED) is 0.655. The normalized spacial score (nSPS) is 21.7. The van der Waals surface area contributed by atoms with Crippen molar-refractivity contribution in [2.75, 3.05) is 13.1 Å². The summed E-state index contributed by atoms with van der Waals surface area (Å²) in [7, 11) is 0. The van der Waals surface area contributed by atoms with Gasteiger partial charge in [0, 0.05) is 37.3 Å². The highest BCUT2D eigenvalue weighted by Gasteiger charge is 2.28. The molecule has 1 aromatic heterocycles. The Morgan fingerprint density at radius 3 is 3.05 bits per heavy atom. The second-order valence-corrected chi connectivity index (χ2v) is 4.83. The Morgan fingerprint density at radius 2 is 2.42 bits per heavy atom. The molecule has 0 saturated carbocycles. The Morgan fingerprint density at radius 1 is 1.63 bits per heavy atom. The molecular formula is C14H19N3O2. The van der Waals surface area contributed by atoms with E-state index in [9.17, 15) is 4.79 Å². The zero-order chi connectivity index (χ0) is 13.8. The maximum atomic E-state index is 12.5. The van der Waals surface area contributed by atoms with Gasteiger partial charge in [0.05, 0.1) is 11.3 Å². The first-order valence-corrected chi connectivity index (χ1v) is 6.59. The molecule has 102 valence electrons. The van der Waals surface area contributed by atoms with E-state index in [-0.39, 0.29) is 11.8 Å². The van der Waals surface area contributed by atoms with E-state index in [0.717, 1.165) is 17.8 Å². The van der Waals surface area contributed by atoms with Crippen molar-refractivity contribution < 1.29 is 10.0 Å². The molecule has 2 rings (SSSR count). The third kappa shape index (κ3) is 2.75. The van der Waals surface area contributed by atoms with E-state index < -0.39 is 0 Å². The summed E-state index contributed by atoms with van der Waals surface area (Å²) in [4.78, 5) is 18.4. The molecule has 1 unspecified atom stereocenters. The molecule has 1 amide bonds. The van der Waals surface area contributed by atoms with Crippen molar-refractivity contribution in [1.29, 1.82) is 0 Å². The van der Waals surface area contributed by atoms with Crippen LogP contribution in [0.4, 0.5) is 0 Å². The predicted molar refractivity (Wildman–Crippen MR) is 72.5 cm³/mol. The molecule has 0 spiro atoms. The van der Waals surface area contributed by atoms with E-state index in [4.69, 9.17) is 5.21 Å². The third-order valence-corrected chi connectivity index (χ3v) is 3.70. The molecule has 2 heterocycles. The first kappa shape index (κ1) is 13.5. The lowest BCUT2D eigenvalue weighted by Crippen LogP contribution is -2.44. The van der Waals surface area contributed by atoms with Crippen LogP contribution in [0.5, 0.6) is 0 Å². The van der Waals surface area contributed by atoms with E-state index in [1.54, 1.807) is 18.3 Å². The summed E-state index contributed by atoms with van der Waals surface area (Å²) in [5.74, 6) is 0.167. The van der Waals surface area contributed by atoms with E-state index in [2.05, 4.69) is 10.1 Å². The highest BCUT2D eigenvalue weighted by Crippen LogP contribution is 2.20. The lowest BCUT2D eigenvalue weighted by Gasteiger charge is -2.33. The van der Waals surface area contributed by atoms with Gasteiger partial charge in [-0.3, -0.25) is 9.78 Å². The van der Waals surface area contributed by atoms with Crippen molar-refractivity contribution >= 4 is 11.6 Å². The maximum absolute atomic E-state index is 12.5. The maximum Gasteiger partial charge on any atom is 0.255 e. The van der Waals surface area contributed by atoms with Gasteiger partial charge in [-0.05, 0) is 25.5 Å². The minimum Gasteiger partial charge on any atom is -0.411 e. The van der Waals surface area contributed by atoms with Gasteiger partial charge < -0.3 is 10.1 Å². The van der Waals surface area contributed by atoms with Crippen LogP contribution in [0.1, 0.15) is 35.8 Å². The van der Waals surface area contributed by atoms with E-state index >= 15 is 0 Å². The number of piperidine rings is 1. The Balaban J connectivity index is 2.16. The molecule has 5 heteroatoms. The van der Waals surface area contributed by atoms with E-state index in [0.29, 0.717) is 25.1 Å². The predicted octanol–water partition coefficient (Wildman–Crippen LogP) is 2.09. The van der Waals surface area contributed by atoms with E-state index in [1.165, 1.54) is 0 Å². The molecule has 1 aliphatic heterocycles. The molecule has 1 fully saturated rings. The van der Waals surface area contributed by atoms with Gasteiger partial charge in [0.15, 0.2) is 0 Å². The summed E-state index contributed by atoms with van der Waals surface area (Å²) < 4.78 is 0. The molecule has 1 atom stereocenters. The van der Waals surface area contributed by atoms with Gasteiger partial charge in [-0.25, -0.2) is 0 Å². The zero-order valence-corrected chi connectivity index (χ0v) is 11.3. The van der Waals surface area contributed by atoms with Crippen molar-refractivity contribution in [1.82, 2.24) is 9.88 Å². The highest BCUT2D eigenvalue weighted by atomic mass is 16.4. The fourth-order valence-corrected chi connectivity index (χ4v) is 2.48. The summed E-state index contributed by atoms with van der Waals surface area (Å²) >= 11 is 0. The molecule has 0 radical (unpaired) electrons. The zero-order valence-electron chi connectivity index (χ0n) is 11.3. The van der Waals surface area contributed by atoms with Gasteiger partial charge in [-0.2, -0.15) is 0 Å². The number of carbonyl (C=O) groups excluding carboxylic acids is 1. The number of likely N-dealkylation sites (tertiary alicyclic amines) is 1. The van der Waals surface area contributed by atoms with Gasteiger partial charge in [0.1, 0.15) is 0 Å². The summed E-state index contributed by atoms with van der Waals surface area (Å²) in [5, 5.41) is 12.3.